The number of alkyl halides is 3. The number of rotatable bonds is 4. The Labute approximate surface area is 115 Å². The smallest absolute Gasteiger partial charge is 0.422 e. The van der Waals surface area contributed by atoms with Crippen LogP contribution in [0.2, 0.25) is 0 Å². The van der Waals surface area contributed by atoms with Crippen LogP contribution in [-0.4, -0.2) is 38.9 Å². The van der Waals surface area contributed by atoms with Crippen molar-refractivity contribution in [2.75, 3.05) is 17.7 Å². The van der Waals surface area contributed by atoms with Crippen LogP contribution in [0.25, 0.3) is 0 Å². The summed E-state index contributed by atoms with van der Waals surface area (Å²) in [4.78, 5) is 18.9. The van der Waals surface area contributed by atoms with E-state index in [0.29, 0.717) is 0 Å². The lowest BCUT2D eigenvalue weighted by atomic mass is 10.4. The highest BCUT2D eigenvalue weighted by Gasteiger charge is 2.28. The molecule has 2 heterocycles. The second kappa shape index (κ2) is 5.64. The van der Waals surface area contributed by atoms with Gasteiger partial charge in [0.25, 0.3) is 5.91 Å². The number of aromatic amines is 1. The molecule has 2 aromatic heterocycles. The number of H-pyrrole nitrogens is 1. The van der Waals surface area contributed by atoms with E-state index in [0.717, 1.165) is 6.20 Å². The second-order valence-electron chi connectivity index (χ2n) is 3.79. The summed E-state index contributed by atoms with van der Waals surface area (Å²) in [6.07, 6.45) is -3.30. The molecule has 0 aliphatic carbocycles. The number of aromatic nitrogens is 4. The minimum atomic E-state index is -4.44. The van der Waals surface area contributed by atoms with Crippen molar-refractivity contribution in [2.45, 2.75) is 6.18 Å². The molecular weight excluding hydrogens is 293 g/mol. The summed E-state index contributed by atoms with van der Waals surface area (Å²) in [6, 6.07) is 2.52. The molecule has 2 aromatic rings. The topological polar surface area (TPSA) is 119 Å². The molecule has 0 radical (unpaired) electrons. The van der Waals surface area contributed by atoms with Crippen LogP contribution in [0.15, 0.2) is 18.3 Å². The van der Waals surface area contributed by atoms with E-state index in [2.05, 4.69) is 30.2 Å². The largest absolute Gasteiger partial charge is 0.468 e. The summed E-state index contributed by atoms with van der Waals surface area (Å²) in [7, 11) is 0. The number of amides is 1. The van der Waals surface area contributed by atoms with E-state index >= 15 is 0 Å². The molecule has 0 atom stereocenters. The number of pyridine rings is 1. The lowest BCUT2D eigenvalue weighted by molar-refractivity contribution is -0.154. The van der Waals surface area contributed by atoms with E-state index in [1.165, 1.54) is 12.1 Å². The fourth-order valence-corrected chi connectivity index (χ4v) is 1.26. The third-order valence-corrected chi connectivity index (χ3v) is 2.10. The number of carbonyl (C=O) groups excluding carboxylic acids is 1. The van der Waals surface area contributed by atoms with Crippen molar-refractivity contribution < 1.29 is 22.7 Å². The third kappa shape index (κ3) is 4.33. The van der Waals surface area contributed by atoms with Crippen LogP contribution in [0.5, 0.6) is 5.88 Å². The molecule has 11 heteroatoms. The summed E-state index contributed by atoms with van der Waals surface area (Å²) in [5.74, 6) is -1.03. The maximum Gasteiger partial charge on any atom is 0.422 e. The van der Waals surface area contributed by atoms with Gasteiger partial charge in [0, 0.05) is 6.07 Å². The van der Waals surface area contributed by atoms with Gasteiger partial charge in [0.05, 0.1) is 11.9 Å². The molecule has 0 spiro atoms. The zero-order valence-electron chi connectivity index (χ0n) is 10.3. The maximum atomic E-state index is 11.9. The molecule has 0 fully saturated rings. The van der Waals surface area contributed by atoms with Crippen molar-refractivity contribution in [3.8, 4) is 5.88 Å². The number of ether oxygens (including phenoxy) is 1. The Morgan fingerprint density at radius 2 is 2.19 bits per heavy atom. The molecule has 0 saturated carbocycles. The van der Waals surface area contributed by atoms with E-state index in [1.807, 2.05) is 0 Å². The van der Waals surface area contributed by atoms with Crippen LogP contribution in [0, 0.1) is 0 Å². The van der Waals surface area contributed by atoms with Crippen LogP contribution < -0.4 is 15.8 Å². The van der Waals surface area contributed by atoms with Gasteiger partial charge in [-0.25, -0.2) is 4.98 Å². The van der Waals surface area contributed by atoms with E-state index in [-0.39, 0.29) is 23.3 Å². The molecule has 21 heavy (non-hydrogen) atoms. The molecule has 2 rings (SSSR count). The maximum absolute atomic E-state index is 11.9. The van der Waals surface area contributed by atoms with Crippen molar-refractivity contribution in [3.63, 3.8) is 0 Å². The number of anilines is 2. The molecule has 0 unspecified atom stereocenters. The second-order valence-corrected chi connectivity index (χ2v) is 3.79. The molecule has 1 amide bonds. The minimum Gasteiger partial charge on any atom is -0.468 e. The van der Waals surface area contributed by atoms with Crippen molar-refractivity contribution in [3.05, 3.63) is 24.2 Å². The van der Waals surface area contributed by atoms with E-state index in [9.17, 15) is 18.0 Å². The minimum absolute atomic E-state index is 0.0887. The number of hydrogen-bond donors (Lipinski definition) is 3. The predicted octanol–water partition coefficient (Wildman–Crippen LogP) is 0.975. The van der Waals surface area contributed by atoms with Crippen LogP contribution in [0.3, 0.4) is 0 Å². The summed E-state index contributed by atoms with van der Waals surface area (Å²) in [5, 5.41) is 8.19. The lowest BCUT2D eigenvalue weighted by Gasteiger charge is -2.08. The number of halogens is 3. The Morgan fingerprint density at radius 3 is 2.71 bits per heavy atom. The van der Waals surface area contributed by atoms with Gasteiger partial charge in [-0.2, -0.15) is 18.2 Å². The average molecular weight is 302 g/mol. The molecular formula is C10H9F3N6O2. The molecule has 4 N–H and O–H groups in total. The van der Waals surface area contributed by atoms with Gasteiger partial charge in [0.2, 0.25) is 17.7 Å². The predicted molar refractivity (Wildman–Crippen MR) is 64.5 cm³/mol. The normalized spacial score (nSPS) is 11.2. The van der Waals surface area contributed by atoms with Gasteiger partial charge in [-0.15, -0.1) is 5.10 Å². The zero-order chi connectivity index (χ0) is 15.5. The monoisotopic (exact) mass is 302 g/mol. The van der Waals surface area contributed by atoms with Crippen LogP contribution in [-0.2, 0) is 0 Å². The standard InChI is InChI=1S/C10H9F3N6O2/c11-10(12,13)4-21-6-2-1-5(3-15-6)16-8(20)7-17-9(14)19-18-7/h1-3H,4H2,(H,16,20)(H3,14,17,18,19). The van der Waals surface area contributed by atoms with Gasteiger partial charge in [0.15, 0.2) is 6.61 Å². The van der Waals surface area contributed by atoms with E-state index in [1.54, 1.807) is 0 Å². The summed E-state index contributed by atoms with van der Waals surface area (Å²) < 4.78 is 40.3. The molecule has 0 saturated heterocycles. The van der Waals surface area contributed by atoms with Gasteiger partial charge >= 0.3 is 6.18 Å². The zero-order valence-corrected chi connectivity index (χ0v) is 10.3. The fraction of sp³-hybridized carbons (Fsp3) is 0.200. The Kier molecular flexibility index (Phi) is 3.91. The number of nitrogen functional groups attached to an aromatic ring is 1. The first-order valence-corrected chi connectivity index (χ1v) is 5.48. The Hall–Kier alpha value is -2.85. The highest BCUT2D eigenvalue weighted by Crippen LogP contribution is 2.18. The first kappa shape index (κ1) is 14.6. The van der Waals surface area contributed by atoms with Crippen molar-refractivity contribution >= 4 is 17.5 Å². The van der Waals surface area contributed by atoms with Gasteiger partial charge < -0.3 is 15.8 Å². The quantitative estimate of drug-likeness (QED) is 0.774. The van der Waals surface area contributed by atoms with Crippen molar-refractivity contribution in [2.24, 2.45) is 0 Å². The number of nitrogens with two attached hydrogens (primary N) is 1. The van der Waals surface area contributed by atoms with Gasteiger partial charge in [-0.3, -0.25) is 9.89 Å². The molecule has 112 valence electrons. The number of nitrogens with zero attached hydrogens (tertiary/aromatic N) is 3. The Bertz CT molecular complexity index is 624. The van der Waals surface area contributed by atoms with Crippen molar-refractivity contribution in [1.82, 2.24) is 20.2 Å². The SMILES string of the molecule is Nc1n[nH]c(C(=O)Nc2ccc(OCC(F)(F)F)nc2)n1. The third-order valence-electron chi connectivity index (χ3n) is 2.10. The lowest BCUT2D eigenvalue weighted by Crippen LogP contribution is -2.19. The first-order valence-electron chi connectivity index (χ1n) is 5.48. The average Bonchev–Trinajstić information content (AvgIpc) is 2.84. The van der Waals surface area contributed by atoms with Crippen LogP contribution in [0.4, 0.5) is 24.8 Å². The van der Waals surface area contributed by atoms with Gasteiger partial charge in [-0.05, 0) is 6.07 Å². The molecule has 0 aliphatic heterocycles. The first-order chi connectivity index (χ1) is 9.83. The Balaban J connectivity index is 1.94. The number of hydrogen-bond acceptors (Lipinski definition) is 6. The van der Waals surface area contributed by atoms with E-state index < -0.39 is 18.7 Å². The van der Waals surface area contributed by atoms with Gasteiger partial charge in [-0.1, -0.05) is 0 Å². The van der Waals surface area contributed by atoms with Crippen molar-refractivity contribution in [1.29, 1.82) is 0 Å². The number of carbonyl (C=O) groups is 1. The molecule has 8 nitrogen and oxygen atoms in total. The Morgan fingerprint density at radius 1 is 1.43 bits per heavy atom. The summed E-state index contributed by atoms with van der Waals surface area (Å²) in [5.41, 5.74) is 5.49. The number of nitrogens with one attached hydrogen (secondary N) is 2. The molecule has 0 aliphatic rings. The van der Waals surface area contributed by atoms with E-state index in [4.69, 9.17) is 5.73 Å². The summed E-state index contributed by atoms with van der Waals surface area (Å²) >= 11 is 0. The highest BCUT2D eigenvalue weighted by atomic mass is 19.4. The fourth-order valence-electron chi connectivity index (χ4n) is 1.26. The van der Waals surface area contributed by atoms with Crippen LogP contribution in [0.1, 0.15) is 10.6 Å². The van der Waals surface area contributed by atoms with Gasteiger partial charge in [0.1, 0.15) is 0 Å². The highest BCUT2D eigenvalue weighted by molar-refractivity contribution is 6.01. The molecule has 0 bridgehead atoms. The molecule has 0 aromatic carbocycles. The summed E-state index contributed by atoms with van der Waals surface area (Å²) in [6.45, 7) is -1.44. The van der Waals surface area contributed by atoms with Crippen LogP contribution >= 0.6 is 0 Å².